The number of carbonyl (C=O) groups excluding carboxylic acids is 3. The smallest absolute Gasteiger partial charge is 0.340 e. The molecule has 0 spiro atoms. The van der Waals surface area contributed by atoms with Crippen molar-refractivity contribution < 1.29 is 19.1 Å². The highest BCUT2D eigenvalue weighted by Gasteiger charge is 2.12. The third-order valence-electron chi connectivity index (χ3n) is 2.67. The number of nitrogens with zero attached hydrogens (tertiary/aromatic N) is 1. The molecule has 0 atom stereocenters. The zero-order valence-corrected chi connectivity index (χ0v) is 13.4. The van der Waals surface area contributed by atoms with Gasteiger partial charge in [0.05, 0.1) is 11.1 Å². The molecular formula is C15H12BrN3O4. The Morgan fingerprint density at radius 1 is 1.09 bits per heavy atom. The van der Waals surface area contributed by atoms with Crippen LogP contribution >= 0.6 is 15.9 Å². The molecule has 1 aromatic carbocycles. The van der Waals surface area contributed by atoms with Gasteiger partial charge >= 0.3 is 5.97 Å². The summed E-state index contributed by atoms with van der Waals surface area (Å²) in [5.41, 5.74) is 4.99. The average molecular weight is 378 g/mol. The van der Waals surface area contributed by atoms with Crippen molar-refractivity contribution in [1.82, 2.24) is 15.8 Å². The van der Waals surface area contributed by atoms with Crippen LogP contribution in [-0.4, -0.2) is 29.4 Å². The molecule has 1 heterocycles. The molecule has 0 aliphatic rings. The number of carbonyl (C=O) groups is 3. The van der Waals surface area contributed by atoms with Crippen molar-refractivity contribution in [2.45, 2.75) is 0 Å². The summed E-state index contributed by atoms with van der Waals surface area (Å²) in [5, 5.41) is 0. The Morgan fingerprint density at radius 2 is 1.87 bits per heavy atom. The first-order valence-corrected chi connectivity index (χ1v) is 7.28. The highest BCUT2D eigenvalue weighted by atomic mass is 79.9. The van der Waals surface area contributed by atoms with Gasteiger partial charge in [-0.1, -0.05) is 12.1 Å². The minimum Gasteiger partial charge on any atom is -0.452 e. The van der Waals surface area contributed by atoms with Crippen LogP contribution in [0.25, 0.3) is 0 Å². The van der Waals surface area contributed by atoms with E-state index in [1.807, 2.05) is 0 Å². The van der Waals surface area contributed by atoms with E-state index >= 15 is 0 Å². The number of pyridine rings is 1. The van der Waals surface area contributed by atoms with Crippen molar-refractivity contribution in [1.29, 1.82) is 0 Å². The van der Waals surface area contributed by atoms with Crippen molar-refractivity contribution in [3.63, 3.8) is 0 Å². The quantitative estimate of drug-likeness (QED) is 0.620. The lowest BCUT2D eigenvalue weighted by molar-refractivity contribution is -0.125. The number of hydrazine groups is 1. The third kappa shape index (κ3) is 4.89. The maximum atomic E-state index is 11.9. The van der Waals surface area contributed by atoms with Gasteiger partial charge in [-0.15, -0.1) is 0 Å². The average Bonchev–Trinajstić information content (AvgIpc) is 2.58. The van der Waals surface area contributed by atoms with Crippen molar-refractivity contribution in [3.8, 4) is 0 Å². The fraction of sp³-hybridized carbons (Fsp3) is 0.0667. The molecule has 1 aromatic heterocycles. The fourth-order valence-electron chi connectivity index (χ4n) is 1.57. The molecule has 0 aliphatic carbocycles. The molecule has 0 fully saturated rings. The molecule has 23 heavy (non-hydrogen) atoms. The topological polar surface area (TPSA) is 97.4 Å². The van der Waals surface area contributed by atoms with Crippen LogP contribution in [0.1, 0.15) is 20.7 Å². The number of hydrogen-bond acceptors (Lipinski definition) is 5. The lowest BCUT2D eigenvalue weighted by Gasteiger charge is -2.09. The maximum Gasteiger partial charge on any atom is 0.340 e. The zero-order valence-electron chi connectivity index (χ0n) is 11.8. The molecule has 0 aliphatic heterocycles. The van der Waals surface area contributed by atoms with E-state index in [-0.39, 0.29) is 5.56 Å². The monoisotopic (exact) mass is 377 g/mol. The van der Waals surface area contributed by atoms with Crippen LogP contribution in [0.15, 0.2) is 53.3 Å². The SMILES string of the molecule is O=C(COC(=O)c1cccnc1)NNC(=O)c1ccccc1Br. The van der Waals surface area contributed by atoms with Gasteiger partial charge in [-0.3, -0.25) is 25.4 Å². The Hall–Kier alpha value is -2.74. The van der Waals surface area contributed by atoms with Crippen LogP contribution in [0.4, 0.5) is 0 Å². The number of benzene rings is 1. The molecule has 7 nitrogen and oxygen atoms in total. The summed E-state index contributed by atoms with van der Waals surface area (Å²) in [6, 6.07) is 9.84. The molecule has 0 radical (unpaired) electrons. The van der Waals surface area contributed by atoms with E-state index in [2.05, 4.69) is 31.8 Å². The molecule has 2 rings (SSSR count). The highest BCUT2D eigenvalue weighted by molar-refractivity contribution is 9.10. The molecule has 0 unspecified atom stereocenters. The molecule has 118 valence electrons. The van der Waals surface area contributed by atoms with Crippen molar-refractivity contribution in [3.05, 3.63) is 64.4 Å². The first-order chi connectivity index (χ1) is 11.1. The second-order valence-electron chi connectivity index (χ2n) is 4.30. The van der Waals surface area contributed by atoms with Crippen molar-refractivity contribution in [2.24, 2.45) is 0 Å². The minimum absolute atomic E-state index is 0.234. The molecule has 2 aromatic rings. The number of esters is 1. The minimum atomic E-state index is -0.676. The predicted molar refractivity (Wildman–Crippen MR) is 84.3 cm³/mol. The molecule has 2 N–H and O–H groups in total. The predicted octanol–water partition coefficient (Wildman–Crippen LogP) is 1.46. The van der Waals surface area contributed by atoms with E-state index in [9.17, 15) is 14.4 Å². The van der Waals surface area contributed by atoms with Crippen LogP contribution in [-0.2, 0) is 9.53 Å². The standard InChI is InChI=1S/C15H12BrN3O4/c16-12-6-2-1-5-11(12)14(21)19-18-13(20)9-23-15(22)10-4-3-7-17-8-10/h1-8H,9H2,(H,18,20)(H,19,21). The first-order valence-electron chi connectivity index (χ1n) is 6.49. The van der Waals surface area contributed by atoms with Gasteiger partial charge in [-0.25, -0.2) is 4.79 Å². The highest BCUT2D eigenvalue weighted by Crippen LogP contribution is 2.15. The molecule has 0 saturated carbocycles. The number of nitrogens with one attached hydrogen (secondary N) is 2. The second kappa shape index (κ2) is 8.04. The van der Waals surface area contributed by atoms with Crippen molar-refractivity contribution >= 4 is 33.7 Å². The summed E-state index contributed by atoms with van der Waals surface area (Å²) < 4.78 is 5.39. The van der Waals surface area contributed by atoms with Crippen LogP contribution in [0, 0.1) is 0 Å². The van der Waals surface area contributed by atoms with Crippen molar-refractivity contribution in [2.75, 3.05) is 6.61 Å². The van der Waals surface area contributed by atoms with E-state index < -0.39 is 24.4 Å². The Kier molecular flexibility index (Phi) is 5.81. The summed E-state index contributed by atoms with van der Waals surface area (Å²) in [6.07, 6.45) is 2.84. The molecule has 2 amide bonds. The first kappa shape index (κ1) is 16.6. The second-order valence-corrected chi connectivity index (χ2v) is 5.15. The summed E-state index contributed by atoms with van der Waals surface area (Å²) >= 11 is 3.23. The van der Waals surface area contributed by atoms with E-state index in [0.29, 0.717) is 10.0 Å². The number of halogens is 1. The van der Waals surface area contributed by atoms with E-state index in [1.54, 1.807) is 30.3 Å². The summed E-state index contributed by atoms with van der Waals surface area (Å²) in [4.78, 5) is 38.8. The normalized spacial score (nSPS) is 9.78. The summed E-state index contributed by atoms with van der Waals surface area (Å²) in [5.74, 6) is -1.84. The molecule has 8 heteroatoms. The van der Waals surface area contributed by atoms with Crippen LogP contribution in [0.3, 0.4) is 0 Å². The van der Waals surface area contributed by atoms with Crippen LogP contribution in [0.5, 0.6) is 0 Å². The number of aromatic nitrogens is 1. The van der Waals surface area contributed by atoms with Gasteiger partial charge in [-0.2, -0.15) is 0 Å². The van der Waals surface area contributed by atoms with Crippen LogP contribution in [0.2, 0.25) is 0 Å². The Labute approximate surface area is 140 Å². The van der Waals surface area contributed by atoms with Gasteiger partial charge in [0.1, 0.15) is 0 Å². The van der Waals surface area contributed by atoms with E-state index in [1.165, 1.54) is 18.5 Å². The van der Waals surface area contributed by atoms with Gasteiger partial charge in [0.2, 0.25) is 0 Å². The lowest BCUT2D eigenvalue weighted by Crippen LogP contribution is -2.43. The molecule has 0 saturated heterocycles. The van der Waals surface area contributed by atoms with Gasteiger partial charge < -0.3 is 4.74 Å². The Morgan fingerprint density at radius 3 is 2.57 bits per heavy atom. The largest absolute Gasteiger partial charge is 0.452 e. The summed E-state index contributed by atoms with van der Waals surface area (Å²) in [7, 11) is 0. The van der Waals surface area contributed by atoms with Crippen LogP contribution < -0.4 is 10.9 Å². The van der Waals surface area contributed by atoms with E-state index in [4.69, 9.17) is 4.74 Å². The number of hydrogen-bond donors (Lipinski definition) is 2. The Balaban J connectivity index is 1.78. The third-order valence-corrected chi connectivity index (χ3v) is 3.36. The maximum absolute atomic E-state index is 11.9. The number of ether oxygens (including phenoxy) is 1. The van der Waals surface area contributed by atoms with E-state index in [0.717, 1.165) is 0 Å². The number of amides is 2. The molecular weight excluding hydrogens is 366 g/mol. The van der Waals surface area contributed by atoms with Gasteiger partial charge in [-0.05, 0) is 40.2 Å². The number of rotatable bonds is 4. The summed E-state index contributed by atoms with van der Waals surface area (Å²) in [6.45, 7) is -0.524. The zero-order chi connectivity index (χ0) is 16.7. The van der Waals surface area contributed by atoms with Gasteiger partial charge in [0.25, 0.3) is 11.8 Å². The Bertz CT molecular complexity index is 722. The van der Waals surface area contributed by atoms with Gasteiger partial charge in [0.15, 0.2) is 6.61 Å². The van der Waals surface area contributed by atoms with Gasteiger partial charge in [0, 0.05) is 16.9 Å². The lowest BCUT2D eigenvalue weighted by atomic mass is 10.2. The molecule has 0 bridgehead atoms. The fourth-order valence-corrected chi connectivity index (χ4v) is 2.04.